The minimum atomic E-state index is -3.67. The van der Waals surface area contributed by atoms with Crippen LogP contribution in [0.5, 0.6) is 0 Å². The van der Waals surface area contributed by atoms with E-state index >= 15 is 0 Å². The highest BCUT2D eigenvalue weighted by Gasteiger charge is 2.07. The molecule has 2 aromatic rings. The molecule has 134 valence electrons. The molecule has 0 spiro atoms. The van der Waals surface area contributed by atoms with Gasteiger partial charge in [0.25, 0.3) is 0 Å². The highest BCUT2D eigenvalue weighted by atomic mass is 32.2. The average molecular weight is 365 g/mol. The number of hydrogen-bond acceptors (Lipinski definition) is 4. The van der Waals surface area contributed by atoms with Gasteiger partial charge in [0.2, 0.25) is 15.9 Å². The molecular weight excluding hydrogens is 345 g/mol. The van der Waals surface area contributed by atoms with Crippen molar-refractivity contribution in [2.75, 3.05) is 18.4 Å². The van der Waals surface area contributed by atoms with Gasteiger partial charge in [-0.3, -0.25) is 4.79 Å². The smallest absolute Gasteiger partial charge is 0.238 e. The minimum absolute atomic E-state index is 0.0778. The van der Waals surface area contributed by atoms with Crippen LogP contribution in [0, 0.1) is 5.82 Å². The number of primary sulfonamides is 1. The lowest BCUT2D eigenvalue weighted by Gasteiger charge is -2.07. The Hall–Kier alpha value is -2.29. The molecule has 6 nitrogen and oxygen atoms in total. The first-order chi connectivity index (χ1) is 11.9. The van der Waals surface area contributed by atoms with Crippen molar-refractivity contribution in [3.8, 4) is 0 Å². The second-order valence-electron chi connectivity index (χ2n) is 5.47. The number of para-hydroxylation sites is 1. The summed E-state index contributed by atoms with van der Waals surface area (Å²) >= 11 is 0. The van der Waals surface area contributed by atoms with Crippen LogP contribution < -0.4 is 15.8 Å². The lowest BCUT2D eigenvalue weighted by molar-refractivity contribution is -0.116. The Balaban J connectivity index is 1.68. The lowest BCUT2D eigenvalue weighted by Crippen LogP contribution is -2.23. The van der Waals surface area contributed by atoms with Gasteiger partial charge in [-0.2, -0.15) is 0 Å². The van der Waals surface area contributed by atoms with Crippen LogP contribution >= 0.6 is 0 Å². The number of sulfonamides is 1. The van der Waals surface area contributed by atoms with Gasteiger partial charge in [0.05, 0.1) is 10.6 Å². The third-order valence-corrected chi connectivity index (χ3v) is 4.45. The summed E-state index contributed by atoms with van der Waals surface area (Å²) in [7, 11) is -3.67. The van der Waals surface area contributed by atoms with E-state index in [9.17, 15) is 17.6 Å². The summed E-state index contributed by atoms with van der Waals surface area (Å²) in [5.74, 6) is -0.734. The Labute approximate surface area is 146 Å². The molecule has 2 aromatic carbocycles. The van der Waals surface area contributed by atoms with Crippen LogP contribution in [0.25, 0.3) is 0 Å². The van der Waals surface area contributed by atoms with E-state index in [1.807, 2.05) is 0 Å². The molecule has 0 fully saturated rings. The number of carbonyl (C=O) groups is 1. The quantitative estimate of drug-likeness (QED) is 0.619. The number of rotatable bonds is 8. The van der Waals surface area contributed by atoms with Crippen molar-refractivity contribution < 1.29 is 17.6 Å². The van der Waals surface area contributed by atoms with E-state index in [0.717, 1.165) is 5.56 Å². The second-order valence-corrected chi connectivity index (χ2v) is 7.03. The molecule has 0 heterocycles. The molecule has 0 bridgehead atoms. The van der Waals surface area contributed by atoms with Crippen molar-refractivity contribution >= 4 is 21.6 Å². The number of amides is 1. The highest BCUT2D eigenvalue weighted by Crippen LogP contribution is 2.12. The Kier molecular flexibility index (Phi) is 6.63. The summed E-state index contributed by atoms with van der Waals surface area (Å²) in [6.45, 7) is 1.08. The zero-order valence-corrected chi connectivity index (χ0v) is 14.4. The van der Waals surface area contributed by atoms with Crippen molar-refractivity contribution in [1.82, 2.24) is 5.32 Å². The SMILES string of the molecule is NS(=O)(=O)c1ccc(CCNCCC(=O)Nc2ccccc2F)cc1. The monoisotopic (exact) mass is 365 g/mol. The molecule has 0 aromatic heterocycles. The first-order valence-electron chi connectivity index (χ1n) is 7.73. The largest absolute Gasteiger partial charge is 0.324 e. The van der Waals surface area contributed by atoms with Crippen LogP contribution in [0.4, 0.5) is 10.1 Å². The Morgan fingerprint density at radius 3 is 2.36 bits per heavy atom. The molecular formula is C17H20FN3O3S. The highest BCUT2D eigenvalue weighted by molar-refractivity contribution is 7.89. The molecule has 0 radical (unpaired) electrons. The topological polar surface area (TPSA) is 101 Å². The molecule has 25 heavy (non-hydrogen) atoms. The fourth-order valence-corrected chi connectivity index (χ4v) is 2.70. The van der Waals surface area contributed by atoms with Gasteiger partial charge in [-0.05, 0) is 42.8 Å². The average Bonchev–Trinajstić information content (AvgIpc) is 2.56. The van der Waals surface area contributed by atoms with E-state index in [4.69, 9.17) is 5.14 Å². The molecule has 0 saturated carbocycles. The first-order valence-corrected chi connectivity index (χ1v) is 9.28. The van der Waals surface area contributed by atoms with Gasteiger partial charge < -0.3 is 10.6 Å². The number of halogens is 1. The molecule has 8 heteroatoms. The number of hydrogen-bond donors (Lipinski definition) is 3. The number of carbonyl (C=O) groups excluding carboxylic acids is 1. The van der Waals surface area contributed by atoms with Gasteiger partial charge in [-0.1, -0.05) is 24.3 Å². The van der Waals surface area contributed by atoms with Gasteiger partial charge in [-0.15, -0.1) is 0 Å². The van der Waals surface area contributed by atoms with E-state index in [1.165, 1.54) is 24.3 Å². The van der Waals surface area contributed by atoms with Crippen molar-refractivity contribution in [2.24, 2.45) is 5.14 Å². The maximum Gasteiger partial charge on any atom is 0.238 e. The van der Waals surface area contributed by atoms with E-state index in [1.54, 1.807) is 24.3 Å². The number of benzene rings is 2. The number of nitrogens with one attached hydrogen (secondary N) is 2. The third-order valence-electron chi connectivity index (χ3n) is 3.52. The van der Waals surface area contributed by atoms with Crippen LogP contribution in [-0.2, 0) is 21.2 Å². The minimum Gasteiger partial charge on any atom is -0.324 e. The fourth-order valence-electron chi connectivity index (χ4n) is 2.18. The van der Waals surface area contributed by atoms with E-state index in [0.29, 0.717) is 19.5 Å². The molecule has 0 atom stereocenters. The zero-order chi connectivity index (χ0) is 18.3. The summed E-state index contributed by atoms with van der Waals surface area (Å²) in [6, 6.07) is 12.3. The van der Waals surface area contributed by atoms with Crippen LogP contribution in [0.15, 0.2) is 53.4 Å². The molecule has 1 amide bonds. The number of nitrogens with two attached hydrogens (primary N) is 1. The fraction of sp³-hybridized carbons (Fsp3) is 0.235. The summed E-state index contributed by atoms with van der Waals surface area (Å²) in [5.41, 5.74) is 1.12. The molecule has 0 aliphatic rings. The molecule has 2 rings (SSSR count). The van der Waals surface area contributed by atoms with Crippen molar-refractivity contribution in [3.63, 3.8) is 0 Å². The molecule has 0 aliphatic carbocycles. The van der Waals surface area contributed by atoms with Crippen LogP contribution in [0.3, 0.4) is 0 Å². The summed E-state index contributed by atoms with van der Waals surface area (Å²) in [4.78, 5) is 11.8. The van der Waals surface area contributed by atoms with Crippen LogP contribution in [-0.4, -0.2) is 27.4 Å². The predicted octanol–water partition coefficient (Wildman–Crippen LogP) is 1.63. The van der Waals surface area contributed by atoms with Crippen molar-refractivity contribution in [3.05, 3.63) is 59.9 Å². The molecule has 4 N–H and O–H groups in total. The first kappa shape index (κ1) is 19.0. The predicted molar refractivity (Wildman–Crippen MR) is 94.0 cm³/mol. The summed E-state index contributed by atoms with van der Waals surface area (Å²) in [6.07, 6.45) is 0.901. The Morgan fingerprint density at radius 2 is 1.72 bits per heavy atom. The zero-order valence-electron chi connectivity index (χ0n) is 13.5. The van der Waals surface area contributed by atoms with Gasteiger partial charge in [0.1, 0.15) is 5.82 Å². The Morgan fingerprint density at radius 1 is 1.04 bits per heavy atom. The van der Waals surface area contributed by atoms with Gasteiger partial charge in [0, 0.05) is 13.0 Å². The standard InChI is InChI=1S/C17H20FN3O3S/c18-15-3-1-2-4-16(15)21-17(22)10-12-20-11-9-13-5-7-14(8-6-13)25(19,23)24/h1-8,20H,9-12H2,(H,21,22)(H2,19,23,24). The lowest BCUT2D eigenvalue weighted by atomic mass is 10.1. The maximum atomic E-state index is 13.4. The maximum absolute atomic E-state index is 13.4. The van der Waals surface area contributed by atoms with E-state index in [-0.39, 0.29) is 22.9 Å². The van der Waals surface area contributed by atoms with Crippen molar-refractivity contribution in [2.45, 2.75) is 17.7 Å². The Bertz CT molecular complexity index is 823. The van der Waals surface area contributed by atoms with Gasteiger partial charge in [-0.25, -0.2) is 17.9 Å². The van der Waals surface area contributed by atoms with E-state index < -0.39 is 15.8 Å². The summed E-state index contributed by atoms with van der Waals surface area (Å²) in [5, 5.41) is 10.7. The van der Waals surface area contributed by atoms with E-state index in [2.05, 4.69) is 10.6 Å². The number of anilines is 1. The van der Waals surface area contributed by atoms with Crippen LogP contribution in [0.2, 0.25) is 0 Å². The third kappa shape index (κ3) is 6.26. The molecule has 0 aliphatic heterocycles. The normalized spacial score (nSPS) is 11.3. The van der Waals surface area contributed by atoms with Crippen molar-refractivity contribution in [1.29, 1.82) is 0 Å². The second kappa shape index (κ2) is 8.70. The van der Waals surface area contributed by atoms with Gasteiger partial charge >= 0.3 is 0 Å². The van der Waals surface area contributed by atoms with Gasteiger partial charge in [0.15, 0.2) is 0 Å². The molecule has 0 saturated heterocycles. The van der Waals surface area contributed by atoms with Crippen LogP contribution in [0.1, 0.15) is 12.0 Å². The summed E-state index contributed by atoms with van der Waals surface area (Å²) < 4.78 is 35.7. The molecule has 0 unspecified atom stereocenters.